The van der Waals surface area contributed by atoms with Crippen LogP contribution in [0.4, 0.5) is 19.4 Å². The van der Waals surface area contributed by atoms with E-state index in [1.807, 2.05) is 30.3 Å². The van der Waals surface area contributed by atoms with Crippen molar-refractivity contribution in [2.45, 2.75) is 23.9 Å². The lowest BCUT2D eigenvalue weighted by Crippen LogP contribution is -2.39. The Balaban J connectivity index is 1.69. The Morgan fingerprint density at radius 1 is 1.06 bits per heavy atom. The summed E-state index contributed by atoms with van der Waals surface area (Å²) in [4.78, 5) is 10.1. The topological polar surface area (TPSA) is 69.0 Å². The molecule has 0 amide bonds. The number of nitrogens with zero attached hydrogens (tertiary/aromatic N) is 3. The molecule has 0 aliphatic rings. The maximum atomic E-state index is 12.8. The quantitative estimate of drug-likeness (QED) is 0.385. The van der Waals surface area contributed by atoms with Crippen LogP contribution in [0.3, 0.4) is 0 Å². The zero-order valence-corrected chi connectivity index (χ0v) is 17.0. The fourth-order valence-electron chi connectivity index (χ4n) is 2.82. The van der Waals surface area contributed by atoms with Crippen LogP contribution in [-0.4, -0.2) is 34.1 Å². The molecule has 1 heterocycles. The lowest BCUT2D eigenvalue weighted by atomic mass is 10.1. The fourth-order valence-corrected chi connectivity index (χ4v) is 3.47. The van der Waals surface area contributed by atoms with Crippen LogP contribution in [0, 0.1) is 0 Å². The number of benzene rings is 2. The Bertz CT molecular complexity index is 1060. The van der Waals surface area contributed by atoms with Crippen LogP contribution < -0.4 is 5.32 Å². The number of esters is 1. The van der Waals surface area contributed by atoms with Crippen molar-refractivity contribution in [1.82, 2.24) is 20.3 Å². The normalized spacial score (nSPS) is 15.0. The standard InChI is InChI=1S/C19H19F5N4O2S/c1-30-19(29)18(11-14-5-3-2-4-6-14)25-12-15-13-28(27-26-15)16-7-9-17(10-8-16)31(20,21,22,23)24/h2-10,13,18,25H,11-12H2,1H3/t18-/m0/s1. The zero-order valence-electron chi connectivity index (χ0n) is 16.2. The van der Waals surface area contributed by atoms with Crippen molar-refractivity contribution in [3.05, 3.63) is 72.1 Å². The highest BCUT2D eigenvalue weighted by Crippen LogP contribution is 3.02. The highest BCUT2D eigenvalue weighted by atomic mass is 32.5. The molecule has 3 aromatic rings. The molecule has 0 saturated heterocycles. The van der Waals surface area contributed by atoms with Gasteiger partial charge in [-0.15, -0.1) is 5.10 Å². The van der Waals surface area contributed by atoms with Gasteiger partial charge in [-0.1, -0.05) is 55.0 Å². The maximum absolute atomic E-state index is 12.8. The van der Waals surface area contributed by atoms with Gasteiger partial charge in [-0.25, -0.2) is 4.68 Å². The number of carbonyl (C=O) groups is 1. The summed E-state index contributed by atoms with van der Waals surface area (Å²) in [6, 6.07) is 11.0. The first-order valence-electron chi connectivity index (χ1n) is 8.96. The molecule has 0 aliphatic heterocycles. The van der Waals surface area contributed by atoms with E-state index in [2.05, 4.69) is 15.6 Å². The van der Waals surface area contributed by atoms with Gasteiger partial charge < -0.3 is 4.74 Å². The molecule has 1 N–H and O–H groups in total. The third-order valence-electron chi connectivity index (χ3n) is 4.39. The van der Waals surface area contributed by atoms with Crippen LogP contribution >= 0.6 is 10.2 Å². The maximum Gasteiger partial charge on any atom is 0.323 e. The highest BCUT2D eigenvalue weighted by molar-refractivity contribution is 8.45. The number of rotatable bonds is 8. The van der Waals surface area contributed by atoms with Crippen LogP contribution in [0.2, 0.25) is 0 Å². The van der Waals surface area contributed by atoms with Gasteiger partial charge in [0.1, 0.15) is 10.9 Å². The summed E-state index contributed by atoms with van der Waals surface area (Å²) in [6.45, 7) is 0.121. The average molecular weight is 462 g/mol. The van der Waals surface area contributed by atoms with Gasteiger partial charge in [0.2, 0.25) is 0 Å². The molecule has 31 heavy (non-hydrogen) atoms. The van der Waals surface area contributed by atoms with E-state index >= 15 is 0 Å². The van der Waals surface area contributed by atoms with Crippen molar-refractivity contribution in [3.63, 3.8) is 0 Å². The number of ether oxygens (including phenoxy) is 1. The largest absolute Gasteiger partial charge is 0.468 e. The minimum absolute atomic E-state index is 0.121. The Morgan fingerprint density at radius 2 is 1.71 bits per heavy atom. The predicted octanol–water partition coefficient (Wildman–Crippen LogP) is 4.80. The van der Waals surface area contributed by atoms with E-state index in [0.717, 1.165) is 22.4 Å². The minimum atomic E-state index is -9.73. The van der Waals surface area contributed by atoms with Crippen molar-refractivity contribution in [3.8, 4) is 5.69 Å². The van der Waals surface area contributed by atoms with Crippen LogP contribution in [0.5, 0.6) is 0 Å². The number of halogens is 5. The molecule has 2 aromatic carbocycles. The first-order chi connectivity index (χ1) is 14.4. The molecule has 0 unspecified atom stereocenters. The van der Waals surface area contributed by atoms with Crippen molar-refractivity contribution >= 4 is 16.2 Å². The smallest absolute Gasteiger partial charge is 0.323 e. The molecule has 0 spiro atoms. The van der Waals surface area contributed by atoms with E-state index in [4.69, 9.17) is 4.74 Å². The van der Waals surface area contributed by atoms with E-state index in [1.54, 1.807) is 0 Å². The van der Waals surface area contributed by atoms with Crippen molar-refractivity contribution < 1.29 is 29.0 Å². The van der Waals surface area contributed by atoms with E-state index < -0.39 is 27.1 Å². The summed E-state index contributed by atoms with van der Waals surface area (Å²) in [5, 5.41) is 10.7. The zero-order chi connectivity index (χ0) is 22.8. The summed E-state index contributed by atoms with van der Waals surface area (Å²) in [6.07, 6.45) is 1.79. The molecule has 168 valence electrons. The molecule has 12 heteroatoms. The SMILES string of the molecule is COC(=O)[C@H](Cc1ccccc1)NCc1cn(-c2ccc(S(F)(F)(F)(F)F)cc2)nn1. The molecule has 1 atom stereocenters. The Kier molecular flexibility index (Phi) is 5.57. The van der Waals surface area contributed by atoms with Gasteiger partial charge in [-0.3, -0.25) is 10.1 Å². The molecule has 0 bridgehead atoms. The molecular weight excluding hydrogens is 443 g/mol. The van der Waals surface area contributed by atoms with Gasteiger partial charge in [0.05, 0.1) is 24.7 Å². The third kappa shape index (κ3) is 6.01. The fraction of sp³-hybridized carbons (Fsp3) is 0.211. The van der Waals surface area contributed by atoms with Crippen LogP contribution in [0.1, 0.15) is 11.3 Å². The van der Waals surface area contributed by atoms with E-state index in [0.29, 0.717) is 24.2 Å². The second-order valence-corrected chi connectivity index (χ2v) is 9.17. The molecule has 0 fully saturated rings. The number of methoxy groups -OCH3 is 1. The number of aromatic nitrogens is 3. The van der Waals surface area contributed by atoms with E-state index in [-0.39, 0.29) is 12.2 Å². The third-order valence-corrected chi connectivity index (χ3v) is 5.55. The highest BCUT2D eigenvalue weighted by Gasteiger charge is 2.65. The monoisotopic (exact) mass is 462 g/mol. The number of nitrogens with one attached hydrogen (secondary N) is 1. The molecule has 6 nitrogen and oxygen atoms in total. The molecule has 0 radical (unpaired) electrons. The minimum Gasteiger partial charge on any atom is -0.468 e. The summed E-state index contributed by atoms with van der Waals surface area (Å²) in [7, 11) is -8.46. The van der Waals surface area contributed by atoms with E-state index in [1.165, 1.54) is 13.3 Å². The molecule has 3 rings (SSSR count). The lowest BCUT2D eigenvalue weighted by molar-refractivity contribution is -0.143. The van der Waals surface area contributed by atoms with Gasteiger partial charge in [0.25, 0.3) is 0 Å². The second kappa shape index (κ2) is 7.61. The first kappa shape index (κ1) is 22.7. The number of carbonyl (C=O) groups excluding carboxylic acids is 1. The van der Waals surface area contributed by atoms with Crippen LogP contribution in [0.15, 0.2) is 65.7 Å². The molecule has 0 aliphatic carbocycles. The van der Waals surface area contributed by atoms with Crippen LogP contribution in [-0.2, 0) is 22.5 Å². The molecular formula is C19H19F5N4O2S. The van der Waals surface area contributed by atoms with Gasteiger partial charge in [0.15, 0.2) is 0 Å². The van der Waals surface area contributed by atoms with Gasteiger partial charge in [-0.2, -0.15) is 0 Å². The van der Waals surface area contributed by atoms with Gasteiger partial charge in [0, 0.05) is 6.54 Å². The van der Waals surface area contributed by atoms with Crippen molar-refractivity contribution in [1.29, 1.82) is 0 Å². The van der Waals surface area contributed by atoms with Crippen molar-refractivity contribution in [2.75, 3.05) is 7.11 Å². The Labute approximate surface area is 174 Å². The molecule has 1 aromatic heterocycles. The average Bonchev–Trinajstić information content (AvgIpc) is 3.19. The summed E-state index contributed by atoms with van der Waals surface area (Å²) in [5.74, 6) is -0.470. The van der Waals surface area contributed by atoms with Gasteiger partial charge in [-0.05, 0) is 36.2 Å². The second-order valence-electron chi connectivity index (χ2n) is 6.76. The number of hydrogen-bond donors (Lipinski definition) is 1. The predicted molar refractivity (Wildman–Crippen MR) is 106 cm³/mol. The first-order valence-corrected chi connectivity index (χ1v) is 10.9. The Morgan fingerprint density at radius 3 is 2.29 bits per heavy atom. The van der Waals surface area contributed by atoms with Crippen LogP contribution in [0.25, 0.3) is 5.69 Å². The van der Waals surface area contributed by atoms with Crippen molar-refractivity contribution in [2.24, 2.45) is 0 Å². The number of hydrogen-bond acceptors (Lipinski definition) is 5. The van der Waals surface area contributed by atoms with E-state index in [9.17, 15) is 24.2 Å². The summed E-state index contributed by atoms with van der Waals surface area (Å²) >= 11 is 0. The summed E-state index contributed by atoms with van der Waals surface area (Å²) < 4.78 is 70.1. The summed E-state index contributed by atoms with van der Waals surface area (Å²) in [5.41, 5.74) is 1.43. The van der Waals surface area contributed by atoms with Gasteiger partial charge >= 0.3 is 16.2 Å². The lowest BCUT2D eigenvalue weighted by Gasteiger charge is -2.40. The Hall–Kier alpha value is -2.99. The molecule has 0 saturated carbocycles.